The van der Waals surface area contributed by atoms with Gasteiger partial charge in [0, 0.05) is 17.6 Å². The molecule has 0 atom stereocenters. The van der Waals surface area contributed by atoms with E-state index in [0.29, 0.717) is 10.8 Å². The number of rotatable bonds is 4. The van der Waals surface area contributed by atoms with Crippen molar-refractivity contribution in [3.05, 3.63) is 23.9 Å². The van der Waals surface area contributed by atoms with Crippen molar-refractivity contribution >= 4 is 17.6 Å². The van der Waals surface area contributed by atoms with Gasteiger partial charge >= 0.3 is 0 Å². The molecule has 0 aromatic carbocycles. The molecule has 0 saturated carbocycles. The van der Waals surface area contributed by atoms with Crippen molar-refractivity contribution in [3.63, 3.8) is 0 Å². The van der Waals surface area contributed by atoms with Crippen molar-refractivity contribution in [1.29, 1.82) is 0 Å². The van der Waals surface area contributed by atoms with Crippen molar-refractivity contribution in [2.24, 2.45) is 10.9 Å². The summed E-state index contributed by atoms with van der Waals surface area (Å²) in [5.41, 5.74) is 6.55. The number of amidine groups is 1. The molecule has 0 aliphatic heterocycles. The number of thioether (sulfide) groups is 1. The first-order valence-corrected chi connectivity index (χ1v) is 5.20. The van der Waals surface area contributed by atoms with Gasteiger partial charge in [-0.2, -0.15) is 0 Å². The van der Waals surface area contributed by atoms with Crippen LogP contribution in [-0.2, 0) is 5.75 Å². The number of nitrogens with two attached hydrogens (primary N) is 1. The number of H-pyrrole nitrogens is 1. The maximum absolute atomic E-state index is 8.51. The average molecular weight is 240 g/mol. The molecule has 9 heteroatoms. The van der Waals surface area contributed by atoms with E-state index in [1.807, 2.05) is 0 Å². The van der Waals surface area contributed by atoms with Crippen LogP contribution >= 0.6 is 11.8 Å². The number of nitrogens with zero attached hydrogens (tertiary/aromatic N) is 4. The Morgan fingerprint density at radius 3 is 3.19 bits per heavy atom. The van der Waals surface area contributed by atoms with Gasteiger partial charge < -0.3 is 15.9 Å². The first-order chi connectivity index (χ1) is 7.81. The molecular weight excluding hydrogens is 232 g/mol. The van der Waals surface area contributed by atoms with Gasteiger partial charge in [0.15, 0.2) is 16.6 Å². The van der Waals surface area contributed by atoms with Gasteiger partial charge in [0.1, 0.15) is 0 Å². The van der Waals surface area contributed by atoms with E-state index < -0.39 is 0 Å². The molecule has 4 N–H and O–H groups in total. The molecule has 0 aliphatic rings. The van der Waals surface area contributed by atoms with Crippen LogP contribution in [-0.4, -0.2) is 31.3 Å². The topological polar surface area (TPSA) is 126 Å². The van der Waals surface area contributed by atoms with Gasteiger partial charge in [-0.25, -0.2) is 9.61 Å². The van der Waals surface area contributed by atoms with E-state index in [0.717, 1.165) is 5.69 Å². The highest BCUT2D eigenvalue weighted by Crippen LogP contribution is 2.22. The fourth-order valence-electron chi connectivity index (χ4n) is 0.989. The predicted octanol–water partition coefficient (Wildman–Crippen LogP) is 0.179. The Balaban J connectivity index is 2.07. The normalized spacial score (nSPS) is 11.9. The second-order valence-electron chi connectivity index (χ2n) is 2.77. The quantitative estimate of drug-likeness (QED) is 0.229. The van der Waals surface area contributed by atoms with Crippen LogP contribution in [0.2, 0.25) is 0 Å². The third-order valence-corrected chi connectivity index (χ3v) is 2.72. The molecule has 0 saturated heterocycles. The molecule has 0 amide bonds. The predicted molar refractivity (Wildman–Crippen MR) is 55.0 cm³/mol. The molecule has 84 valence electrons. The molecule has 16 heavy (non-hydrogen) atoms. The summed E-state index contributed by atoms with van der Waals surface area (Å²) in [4.78, 5) is 6.82. The molecule has 2 heterocycles. The fraction of sp³-hybridized carbons (Fsp3) is 0.143. The van der Waals surface area contributed by atoms with Crippen molar-refractivity contribution < 1.29 is 9.84 Å². The zero-order chi connectivity index (χ0) is 11.4. The monoisotopic (exact) mass is 240 g/mol. The maximum Gasteiger partial charge on any atom is 0.195 e. The number of aromatic amines is 1. The Morgan fingerprint density at radius 1 is 1.62 bits per heavy atom. The van der Waals surface area contributed by atoms with E-state index in [9.17, 15) is 0 Å². The molecular formula is C7H8N6O2S. The van der Waals surface area contributed by atoms with E-state index in [1.165, 1.54) is 11.8 Å². The first-order valence-electron chi connectivity index (χ1n) is 4.21. The molecule has 0 aliphatic carbocycles. The van der Waals surface area contributed by atoms with Gasteiger partial charge in [-0.15, -0.1) is 0 Å². The van der Waals surface area contributed by atoms with E-state index >= 15 is 0 Å². The Kier molecular flexibility index (Phi) is 3.05. The fourth-order valence-corrected chi connectivity index (χ4v) is 1.80. The Bertz CT molecular complexity index is 479. The second kappa shape index (κ2) is 4.66. The molecule has 2 rings (SSSR count). The summed E-state index contributed by atoms with van der Waals surface area (Å²) in [6.45, 7) is 0. The number of hydrogen-bond donors (Lipinski definition) is 3. The minimum Gasteiger partial charge on any atom is -0.409 e. The third-order valence-electron chi connectivity index (χ3n) is 1.73. The van der Waals surface area contributed by atoms with Crippen LogP contribution < -0.4 is 5.73 Å². The summed E-state index contributed by atoms with van der Waals surface area (Å²) in [6, 6.07) is 0. The van der Waals surface area contributed by atoms with Crippen LogP contribution in [0.25, 0.3) is 0 Å². The Morgan fingerprint density at radius 2 is 2.50 bits per heavy atom. The van der Waals surface area contributed by atoms with Crippen LogP contribution in [0.4, 0.5) is 0 Å². The van der Waals surface area contributed by atoms with Gasteiger partial charge in [0.25, 0.3) is 0 Å². The van der Waals surface area contributed by atoms with Crippen LogP contribution in [0.3, 0.4) is 0 Å². The first kappa shape index (κ1) is 10.5. The number of oxime groups is 1. The third kappa shape index (κ3) is 2.14. The van der Waals surface area contributed by atoms with Crippen LogP contribution in [0.1, 0.15) is 11.4 Å². The molecule has 0 radical (unpaired) electrons. The van der Waals surface area contributed by atoms with Crippen molar-refractivity contribution in [2.45, 2.75) is 10.8 Å². The molecule has 0 spiro atoms. The lowest BCUT2D eigenvalue weighted by molar-refractivity contribution is 0.296. The SMILES string of the molecule is N/C(=N\O)c1nonc1SCc1cnc[nH]1. The summed E-state index contributed by atoms with van der Waals surface area (Å²) < 4.78 is 4.52. The number of nitrogens with one attached hydrogen (secondary N) is 1. The minimum absolute atomic E-state index is 0.131. The van der Waals surface area contributed by atoms with Crippen molar-refractivity contribution in [1.82, 2.24) is 20.3 Å². The average Bonchev–Trinajstić information content (AvgIpc) is 2.96. The van der Waals surface area contributed by atoms with Crippen LogP contribution in [0, 0.1) is 0 Å². The maximum atomic E-state index is 8.51. The highest BCUT2D eigenvalue weighted by molar-refractivity contribution is 7.98. The molecule has 0 unspecified atom stereocenters. The summed E-state index contributed by atoms with van der Waals surface area (Å²) in [5.74, 6) is 0.480. The largest absolute Gasteiger partial charge is 0.409 e. The van der Waals surface area contributed by atoms with Crippen molar-refractivity contribution in [3.8, 4) is 0 Å². The van der Waals surface area contributed by atoms with E-state index in [2.05, 4.69) is 30.1 Å². The Labute approximate surface area is 93.9 Å². The van der Waals surface area contributed by atoms with Crippen LogP contribution in [0.15, 0.2) is 27.3 Å². The highest BCUT2D eigenvalue weighted by Gasteiger charge is 2.15. The summed E-state index contributed by atoms with van der Waals surface area (Å²) in [5, 5.41) is 19.0. The van der Waals surface area contributed by atoms with Crippen molar-refractivity contribution in [2.75, 3.05) is 0 Å². The number of hydrogen-bond acceptors (Lipinski definition) is 7. The van der Waals surface area contributed by atoms with Gasteiger partial charge in [-0.05, 0) is 10.3 Å². The molecule has 0 bridgehead atoms. The Hall–Kier alpha value is -2.03. The lowest BCUT2D eigenvalue weighted by Crippen LogP contribution is -2.14. The second-order valence-corrected chi connectivity index (χ2v) is 3.73. The van der Waals surface area contributed by atoms with E-state index in [4.69, 9.17) is 10.9 Å². The molecule has 2 aromatic heterocycles. The van der Waals surface area contributed by atoms with Gasteiger partial charge in [0.2, 0.25) is 0 Å². The molecule has 0 fully saturated rings. The summed E-state index contributed by atoms with van der Waals surface area (Å²) in [6.07, 6.45) is 3.28. The zero-order valence-electron chi connectivity index (χ0n) is 7.99. The summed E-state index contributed by atoms with van der Waals surface area (Å²) in [7, 11) is 0. The lowest BCUT2D eigenvalue weighted by atomic mass is 10.4. The van der Waals surface area contributed by atoms with E-state index in [-0.39, 0.29) is 11.5 Å². The number of aromatic nitrogens is 4. The summed E-state index contributed by atoms with van der Waals surface area (Å²) >= 11 is 1.34. The van der Waals surface area contributed by atoms with E-state index in [1.54, 1.807) is 12.5 Å². The molecule has 2 aromatic rings. The number of imidazole rings is 1. The van der Waals surface area contributed by atoms with Gasteiger partial charge in [-0.1, -0.05) is 16.9 Å². The molecule has 8 nitrogen and oxygen atoms in total. The smallest absolute Gasteiger partial charge is 0.195 e. The van der Waals surface area contributed by atoms with Crippen LogP contribution in [0.5, 0.6) is 0 Å². The standard InChI is InChI=1S/C7H8N6O2S/c8-6(11-14)5-7(13-15-12-5)16-2-4-1-9-3-10-4/h1,3,14H,2H2,(H2,8,11)(H,9,10). The highest BCUT2D eigenvalue weighted by atomic mass is 32.2. The zero-order valence-corrected chi connectivity index (χ0v) is 8.81. The van der Waals surface area contributed by atoms with Gasteiger partial charge in [0.05, 0.1) is 6.33 Å². The minimum atomic E-state index is -0.131. The van der Waals surface area contributed by atoms with Gasteiger partial charge in [-0.3, -0.25) is 0 Å². The lowest BCUT2D eigenvalue weighted by Gasteiger charge is -1.96.